The first kappa shape index (κ1) is 12.7. The maximum Gasteiger partial charge on any atom is 0.232 e. The fraction of sp³-hybridized carbons (Fsp3) is 0.636. The zero-order valence-electron chi connectivity index (χ0n) is 9.74. The second kappa shape index (κ2) is 6.27. The molecule has 1 aliphatic rings. The first-order valence-electron chi connectivity index (χ1n) is 5.47. The standard InChI is InChI=1S/C11H19N3O2/c1-3-4-12-10(15)9-11(16)14-7-5-13(2)6-8-14/h3H,1,4-9H2,2H3,(H,12,15). The first-order valence-corrected chi connectivity index (χ1v) is 5.47. The molecule has 90 valence electrons. The van der Waals surface area contributed by atoms with Gasteiger partial charge in [0.15, 0.2) is 0 Å². The number of hydrogen-bond donors (Lipinski definition) is 1. The van der Waals surface area contributed by atoms with Crippen molar-refractivity contribution in [2.75, 3.05) is 39.8 Å². The fourth-order valence-corrected chi connectivity index (χ4v) is 1.55. The number of piperazine rings is 1. The molecule has 1 rings (SSSR count). The second-order valence-electron chi connectivity index (χ2n) is 3.95. The topological polar surface area (TPSA) is 52.7 Å². The summed E-state index contributed by atoms with van der Waals surface area (Å²) in [5.41, 5.74) is 0. The van der Waals surface area contributed by atoms with E-state index in [1.54, 1.807) is 11.0 Å². The van der Waals surface area contributed by atoms with Crippen LogP contribution in [-0.2, 0) is 9.59 Å². The predicted octanol–water partition coefficient (Wildman–Crippen LogP) is -0.547. The van der Waals surface area contributed by atoms with Crippen LogP contribution < -0.4 is 5.32 Å². The maximum absolute atomic E-state index is 11.7. The zero-order chi connectivity index (χ0) is 12.0. The van der Waals surface area contributed by atoms with Crippen molar-refractivity contribution in [1.29, 1.82) is 0 Å². The van der Waals surface area contributed by atoms with E-state index in [9.17, 15) is 9.59 Å². The van der Waals surface area contributed by atoms with Crippen LogP contribution in [0.3, 0.4) is 0 Å². The number of carbonyl (C=O) groups is 2. The molecule has 0 aromatic carbocycles. The number of amides is 2. The van der Waals surface area contributed by atoms with Crippen molar-refractivity contribution in [1.82, 2.24) is 15.1 Å². The molecule has 0 radical (unpaired) electrons. The Morgan fingerprint density at radius 3 is 2.50 bits per heavy atom. The summed E-state index contributed by atoms with van der Waals surface area (Å²) in [6.45, 7) is 7.08. The van der Waals surface area contributed by atoms with Gasteiger partial charge < -0.3 is 15.1 Å². The molecule has 0 unspecified atom stereocenters. The minimum Gasteiger partial charge on any atom is -0.352 e. The van der Waals surface area contributed by atoms with E-state index in [2.05, 4.69) is 16.8 Å². The highest BCUT2D eigenvalue weighted by Gasteiger charge is 2.20. The number of hydrogen-bond acceptors (Lipinski definition) is 3. The van der Waals surface area contributed by atoms with Crippen LogP contribution in [0.1, 0.15) is 6.42 Å². The summed E-state index contributed by atoms with van der Waals surface area (Å²) in [5.74, 6) is -0.321. The van der Waals surface area contributed by atoms with Gasteiger partial charge in [-0.3, -0.25) is 9.59 Å². The molecule has 5 nitrogen and oxygen atoms in total. The minimum absolute atomic E-state index is 0.0580. The lowest BCUT2D eigenvalue weighted by Gasteiger charge is -2.32. The van der Waals surface area contributed by atoms with Crippen molar-refractivity contribution in [2.45, 2.75) is 6.42 Å². The Morgan fingerprint density at radius 2 is 1.94 bits per heavy atom. The van der Waals surface area contributed by atoms with Gasteiger partial charge in [0.1, 0.15) is 6.42 Å². The van der Waals surface area contributed by atoms with Gasteiger partial charge >= 0.3 is 0 Å². The van der Waals surface area contributed by atoms with Crippen molar-refractivity contribution in [3.8, 4) is 0 Å². The first-order chi connectivity index (χ1) is 7.63. The molecule has 0 spiro atoms. The van der Waals surface area contributed by atoms with Gasteiger partial charge in [0.25, 0.3) is 0 Å². The largest absolute Gasteiger partial charge is 0.352 e. The number of likely N-dealkylation sites (N-methyl/N-ethyl adjacent to an activating group) is 1. The van der Waals surface area contributed by atoms with Crippen LogP contribution in [0.15, 0.2) is 12.7 Å². The molecule has 2 amide bonds. The Kier molecular flexibility index (Phi) is 4.98. The lowest BCUT2D eigenvalue weighted by Crippen LogP contribution is -2.48. The average Bonchev–Trinajstić information content (AvgIpc) is 2.27. The third-order valence-electron chi connectivity index (χ3n) is 2.61. The highest BCUT2D eigenvalue weighted by atomic mass is 16.2. The molecule has 1 fully saturated rings. The Hall–Kier alpha value is -1.36. The molecule has 0 bridgehead atoms. The third kappa shape index (κ3) is 4.02. The molecular formula is C11H19N3O2. The van der Waals surface area contributed by atoms with E-state index in [1.165, 1.54) is 0 Å². The van der Waals surface area contributed by atoms with E-state index in [1.807, 2.05) is 7.05 Å². The van der Waals surface area contributed by atoms with Gasteiger partial charge in [-0.15, -0.1) is 6.58 Å². The summed E-state index contributed by atoms with van der Waals surface area (Å²) in [6.07, 6.45) is 1.54. The molecule has 0 aliphatic carbocycles. The fourth-order valence-electron chi connectivity index (χ4n) is 1.55. The van der Waals surface area contributed by atoms with E-state index in [-0.39, 0.29) is 18.2 Å². The maximum atomic E-state index is 11.7. The third-order valence-corrected chi connectivity index (χ3v) is 2.61. The molecule has 0 aromatic heterocycles. The van der Waals surface area contributed by atoms with Gasteiger partial charge in [-0.05, 0) is 7.05 Å². The van der Waals surface area contributed by atoms with Gasteiger partial charge in [0.05, 0.1) is 0 Å². The Bertz CT molecular complexity index is 270. The molecule has 16 heavy (non-hydrogen) atoms. The number of nitrogens with zero attached hydrogens (tertiary/aromatic N) is 2. The van der Waals surface area contributed by atoms with E-state index >= 15 is 0 Å². The number of carbonyl (C=O) groups excluding carboxylic acids is 2. The van der Waals surface area contributed by atoms with E-state index in [0.29, 0.717) is 19.6 Å². The SMILES string of the molecule is C=CCNC(=O)CC(=O)N1CCN(C)CC1. The second-order valence-corrected chi connectivity index (χ2v) is 3.95. The van der Waals surface area contributed by atoms with Crippen molar-refractivity contribution in [3.05, 3.63) is 12.7 Å². The summed E-state index contributed by atoms with van der Waals surface area (Å²) < 4.78 is 0. The van der Waals surface area contributed by atoms with Crippen LogP contribution in [0, 0.1) is 0 Å². The van der Waals surface area contributed by atoms with E-state index in [0.717, 1.165) is 13.1 Å². The molecule has 1 N–H and O–H groups in total. The van der Waals surface area contributed by atoms with Crippen molar-refractivity contribution < 1.29 is 9.59 Å². The quantitative estimate of drug-likeness (QED) is 0.516. The van der Waals surface area contributed by atoms with E-state index < -0.39 is 0 Å². The average molecular weight is 225 g/mol. The summed E-state index contributed by atoms with van der Waals surface area (Å²) in [6, 6.07) is 0. The smallest absolute Gasteiger partial charge is 0.232 e. The Morgan fingerprint density at radius 1 is 1.31 bits per heavy atom. The summed E-state index contributed by atoms with van der Waals surface area (Å²) in [7, 11) is 2.03. The van der Waals surface area contributed by atoms with E-state index in [4.69, 9.17) is 0 Å². The minimum atomic E-state index is -0.233. The summed E-state index contributed by atoms with van der Waals surface area (Å²) in [4.78, 5) is 26.9. The summed E-state index contributed by atoms with van der Waals surface area (Å²) >= 11 is 0. The van der Waals surface area contributed by atoms with Crippen molar-refractivity contribution >= 4 is 11.8 Å². The monoisotopic (exact) mass is 225 g/mol. The van der Waals surface area contributed by atoms with Gasteiger partial charge in [0, 0.05) is 32.7 Å². The van der Waals surface area contributed by atoms with Crippen LogP contribution in [0.2, 0.25) is 0 Å². The van der Waals surface area contributed by atoms with Crippen LogP contribution in [-0.4, -0.2) is 61.4 Å². The lowest BCUT2D eigenvalue weighted by molar-refractivity contribution is -0.137. The summed E-state index contributed by atoms with van der Waals surface area (Å²) in [5, 5.41) is 2.60. The predicted molar refractivity (Wildman–Crippen MR) is 61.9 cm³/mol. The molecular weight excluding hydrogens is 206 g/mol. The zero-order valence-corrected chi connectivity index (χ0v) is 9.74. The highest BCUT2D eigenvalue weighted by molar-refractivity contribution is 5.96. The molecule has 1 aliphatic heterocycles. The van der Waals surface area contributed by atoms with Crippen molar-refractivity contribution in [2.24, 2.45) is 0 Å². The van der Waals surface area contributed by atoms with Crippen molar-refractivity contribution in [3.63, 3.8) is 0 Å². The van der Waals surface area contributed by atoms with Gasteiger partial charge in [-0.25, -0.2) is 0 Å². The van der Waals surface area contributed by atoms with Crippen LogP contribution in [0.25, 0.3) is 0 Å². The number of nitrogens with one attached hydrogen (secondary N) is 1. The molecule has 0 atom stereocenters. The van der Waals surface area contributed by atoms with Gasteiger partial charge in [-0.2, -0.15) is 0 Å². The van der Waals surface area contributed by atoms with Crippen LogP contribution >= 0.6 is 0 Å². The Balaban J connectivity index is 2.29. The van der Waals surface area contributed by atoms with Gasteiger partial charge in [-0.1, -0.05) is 6.08 Å². The highest BCUT2D eigenvalue weighted by Crippen LogP contribution is 2.01. The molecule has 0 saturated carbocycles. The van der Waals surface area contributed by atoms with Gasteiger partial charge in [0.2, 0.25) is 11.8 Å². The molecule has 1 saturated heterocycles. The molecule has 1 heterocycles. The lowest BCUT2D eigenvalue weighted by atomic mass is 10.3. The Labute approximate surface area is 96.1 Å². The van der Waals surface area contributed by atoms with Crippen LogP contribution in [0.4, 0.5) is 0 Å². The van der Waals surface area contributed by atoms with Crippen LogP contribution in [0.5, 0.6) is 0 Å². The molecule has 0 aromatic rings. The molecule has 5 heteroatoms. The normalized spacial score (nSPS) is 16.9. The number of rotatable bonds is 4.